The number of carbonyl (C=O) groups is 1. The van der Waals surface area contributed by atoms with E-state index >= 15 is 0 Å². The van der Waals surface area contributed by atoms with Crippen molar-refractivity contribution in [3.05, 3.63) is 69.7 Å². The molecule has 28 heavy (non-hydrogen) atoms. The van der Waals surface area contributed by atoms with Gasteiger partial charge in [-0.05, 0) is 31.2 Å². The predicted octanol–water partition coefficient (Wildman–Crippen LogP) is 4.76. The predicted molar refractivity (Wildman–Crippen MR) is 112 cm³/mol. The molecule has 0 bridgehead atoms. The first-order valence-electron chi connectivity index (χ1n) is 9.22. The van der Waals surface area contributed by atoms with Gasteiger partial charge < -0.3 is 10.5 Å². The van der Waals surface area contributed by atoms with Gasteiger partial charge in [-0.25, -0.2) is 0 Å². The Balaban J connectivity index is 2.15. The van der Waals surface area contributed by atoms with Gasteiger partial charge in [0.25, 0.3) is 0 Å². The van der Waals surface area contributed by atoms with E-state index in [0.717, 1.165) is 5.56 Å². The Labute approximate surface area is 175 Å². The number of rotatable bonds is 6. The monoisotopic (exact) mass is 419 g/mol. The lowest BCUT2D eigenvalue weighted by atomic mass is 9.95. The molecular formula is C21H23Cl2N3O2. The number of ether oxygens (including phenoxy) is 1. The van der Waals surface area contributed by atoms with Crippen LogP contribution in [0.5, 0.6) is 0 Å². The van der Waals surface area contributed by atoms with Crippen LogP contribution in [-0.2, 0) is 15.3 Å². The second kappa shape index (κ2) is 8.52. The van der Waals surface area contributed by atoms with Gasteiger partial charge in [0, 0.05) is 22.9 Å². The van der Waals surface area contributed by atoms with Gasteiger partial charge in [0.15, 0.2) is 0 Å². The molecule has 1 heterocycles. The van der Waals surface area contributed by atoms with Crippen LogP contribution in [0.1, 0.15) is 37.8 Å². The third kappa shape index (κ3) is 3.88. The third-order valence-corrected chi connectivity index (χ3v) is 5.17. The van der Waals surface area contributed by atoms with Gasteiger partial charge in [0.05, 0.1) is 10.6 Å². The van der Waals surface area contributed by atoms with E-state index in [1.165, 1.54) is 5.01 Å². The summed E-state index contributed by atoms with van der Waals surface area (Å²) in [6.07, 6.45) is 1.15. The molecule has 0 radical (unpaired) electrons. The zero-order valence-electron chi connectivity index (χ0n) is 15.9. The van der Waals surface area contributed by atoms with Crippen molar-refractivity contribution in [1.29, 1.82) is 0 Å². The highest BCUT2D eigenvalue weighted by molar-refractivity contribution is 6.35. The highest BCUT2D eigenvalue weighted by Crippen LogP contribution is 2.42. The van der Waals surface area contributed by atoms with E-state index in [4.69, 9.17) is 33.7 Å². The maximum Gasteiger partial charge on any atom is 0.249 e. The lowest BCUT2D eigenvalue weighted by Gasteiger charge is -2.36. The smallest absolute Gasteiger partial charge is 0.249 e. The number of carbonyl (C=O) groups excluding carboxylic acids is 1. The average molecular weight is 420 g/mol. The van der Waals surface area contributed by atoms with E-state index in [-0.39, 0.29) is 17.7 Å². The second-order valence-corrected chi connectivity index (χ2v) is 7.82. The normalized spacial score (nSPS) is 18.9. The maximum atomic E-state index is 13.1. The molecule has 0 fully saturated rings. The van der Waals surface area contributed by atoms with Crippen LogP contribution in [0.3, 0.4) is 0 Å². The van der Waals surface area contributed by atoms with Crippen LogP contribution in [0.2, 0.25) is 10.0 Å². The molecule has 0 saturated carbocycles. The standard InChI is InChI=1S/C21H23Cl2N3O2/c1-14(2)20(27)26-21(11-6-12-24,15-7-4-3-5-8-15)28-19(25-26)17-13-16(22)9-10-18(17)23/h3-5,7-10,13-14H,6,11-12,24H2,1-2H3. The zero-order chi connectivity index (χ0) is 20.3. The second-order valence-electron chi connectivity index (χ2n) is 6.98. The SMILES string of the molecule is CC(C)C(=O)N1N=C(c2cc(Cl)ccc2Cl)OC1(CCCN)c1ccccc1. The minimum Gasteiger partial charge on any atom is -0.443 e. The van der Waals surface area contributed by atoms with Gasteiger partial charge in [0.1, 0.15) is 0 Å². The summed E-state index contributed by atoms with van der Waals surface area (Å²) in [6.45, 7) is 4.14. The van der Waals surface area contributed by atoms with E-state index in [9.17, 15) is 4.79 Å². The molecular weight excluding hydrogens is 397 g/mol. The fourth-order valence-electron chi connectivity index (χ4n) is 3.16. The molecule has 1 amide bonds. The van der Waals surface area contributed by atoms with Crippen LogP contribution >= 0.6 is 23.2 Å². The Morgan fingerprint density at radius 2 is 1.93 bits per heavy atom. The number of hydrogen-bond donors (Lipinski definition) is 1. The quantitative estimate of drug-likeness (QED) is 0.733. The number of hydrazone groups is 1. The van der Waals surface area contributed by atoms with Crippen molar-refractivity contribution in [2.24, 2.45) is 16.8 Å². The molecule has 2 N–H and O–H groups in total. The summed E-state index contributed by atoms with van der Waals surface area (Å²) in [5.74, 6) is -0.140. The summed E-state index contributed by atoms with van der Waals surface area (Å²) in [4.78, 5) is 13.1. The van der Waals surface area contributed by atoms with Crippen molar-refractivity contribution in [3.63, 3.8) is 0 Å². The number of halogens is 2. The van der Waals surface area contributed by atoms with Gasteiger partial charge >= 0.3 is 0 Å². The molecule has 0 aromatic heterocycles. The topological polar surface area (TPSA) is 67.9 Å². The molecule has 7 heteroatoms. The Kier molecular flexibility index (Phi) is 6.28. The first-order valence-corrected chi connectivity index (χ1v) is 9.97. The molecule has 0 saturated heterocycles. The minimum absolute atomic E-state index is 0.144. The van der Waals surface area contributed by atoms with Crippen molar-refractivity contribution in [2.45, 2.75) is 32.4 Å². The fraction of sp³-hybridized carbons (Fsp3) is 0.333. The van der Waals surface area contributed by atoms with E-state index < -0.39 is 5.72 Å². The van der Waals surface area contributed by atoms with Gasteiger partial charge in [0.2, 0.25) is 17.5 Å². The van der Waals surface area contributed by atoms with Crippen molar-refractivity contribution in [2.75, 3.05) is 6.54 Å². The van der Waals surface area contributed by atoms with E-state index in [0.29, 0.717) is 35.0 Å². The van der Waals surface area contributed by atoms with Gasteiger partial charge in [-0.1, -0.05) is 67.4 Å². The van der Waals surface area contributed by atoms with Crippen molar-refractivity contribution in [3.8, 4) is 0 Å². The Morgan fingerprint density at radius 1 is 1.21 bits per heavy atom. The molecule has 1 aliphatic heterocycles. The van der Waals surface area contributed by atoms with Crippen molar-refractivity contribution in [1.82, 2.24) is 5.01 Å². The van der Waals surface area contributed by atoms with Crippen LogP contribution < -0.4 is 5.73 Å². The molecule has 5 nitrogen and oxygen atoms in total. The Hall–Kier alpha value is -2.08. The fourth-order valence-corrected chi connectivity index (χ4v) is 3.53. The van der Waals surface area contributed by atoms with Gasteiger partial charge in [-0.2, -0.15) is 5.01 Å². The van der Waals surface area contributed by atoms with Crippen LogP contribution in [0.25, 0.3) is 0 Å². The molecule has 148 valence electrons. The molecule has 1 atom stereocenters. The largest absolute Gasteiger partial charge is 0.443 e. The van der Waals surface area contributed by atoms with E-state index in [1.54, 1.807) is 18.2 Å². The molecule has 3 rings (SSSR count). The summed E-state index contributed by atoms with van der Waals surface area (Å²) in [5, 5.41) is 6.95. The Morgan fingerprint density at radius 3 is 2.57 bits per heavy atom. The summed E-state index contributed by atoms with van der Waals surface area (Å²) in [6, 6.07) is 14.6. The number of benzene rings is 2. The number of hydrogen-bond acceptors (Lipinski definition) is 4. The first kappa shape index (κ1) is 20.6. The Bertz CT molecular complexity index is 886. The third-order valence-electron chi connectivity index (χ3n) is 4.60. The van der Waals surface area contributed by atoms with Crippen LogP contribution in [0.15, 0.2) is 53.6 Å². The average Bonchev–Trinajstić information content (AvgIpc) is 3.08. The number of nitrogens with zero attached hydrogens (tertiary/aromatic N) is 2. The highest BCUT2D eigenvalue weighted by atomic mass is 35.5. The molecule has 1 unspecified atom stereocenters. The summed E-state index contributed by atoms with van der Waals surface area (Å²) in [7, 11) is 0. The zero-order valence-corrected chi connectivity index (χ0v) is 17.4. The summed E-state index contributed by atoms with van der Waals surface area (Å²) >= 11 is 12.5. The van der Waals surface area contributed by atoms with Gasteiger partial charge in [-0.15, -0.1) is 5.10 Å². The van der Waals surface area contributed by atoms with Crippen molar-refractivity contribution >= 4 is 35.0 Å². The number of nitrogens with two attached hydrogens (primary N) is 1. The van der Waals surface area contributed by atoms with E-state index in [1.807, 2.05) is 44.2 Å². The number of amides is 1. The van der Waals surface area contributed by atoms with E-state index in [2.05, 4.69) is 5.10 Å². The lowest BCUT2D eigenvalue weighted by molar-refractivity contribution is -0.156. The van der Waals surface area contributed by atoms with Gasteiger partial charge in [-0.3, -0.25) is 4.79 Å². The molecule has 2 aromatic rings. The first-order chi connectivity index (χ1) is 13.4. The summed E-state index contributed by atoms with van der Waals surface area (Å²) < 4.78 is 6.40. The highest BCUT2D eigenvalue weighted by Gasteiger charge is 2.50. The maximum absolute atomic E-state index is 13.1. The van der Waals surface area contributed by atoms with Crippen LogP contribution in [-0.4, -0.2) is 23.4 Å². The lowest BCUT2D eigenvalue weighted by Crippen LogP contribution is -2.46. The molecule has 2 aromatic carbocycles. The summed E-state index contributed by atoms with van der Waals surface area (Å²) in [5.41, 5.74) is 6.07. The van der Waals surface area contributed by atoms with Crippen LogP contribution in [0, 0.1) is 5.92 Å². The molecule has 1 aliphatic rings. The molecule has 0 aliphatic carbocycles. The van der Waals surface area contributed by atoms with Crippen LogP contribution in [0.4, 0.5) is 0 Å². The molecule has 0 spiro atoms. The minimum atomic E-state index is -1.08. The van der Waals surface area contributed by atoms with Crippen molar-refractivity contribution < 1.29 is 9.53 Å².